The van der Waals surface area contributed by atoms with Gasteiger partial charge in [0.2, 0.25) is 0 Å². The van der Waals surface area contributed by atoms with Crippen molar-refractivity contribution in [2.24, 2.45) is 11.7 Å². The Hall–Kier alpha value is -0.860. The highest BCUT2D eigenvalue weighted by atomic mass is 16.5. The predicted octanol–water partition coefficient (Wildman–Crippen LogP) is 1.98. The van der Waals surface area contributed by atoms with E-state index < -0.39 is 0 Å². The molecular formula is C13H19NO. The van der Waals surface area contributed by atoms with Crippen LogP contribution in [0.5, 0.6) is 0 Å². The van der Waals surface area contributed by atoms with Gasteiger partial charge in [-0.3, -0.25) is 0 Å². The van der Waals surface area contributed by atoms with Gasteiger partial charge >= 0.3 is 0 Å². The molecule has 1 aromatic carbocycles. The Morgan fingerprint density at radius 3 is 2.80 bits per heavy atom. The molecule has 2 rings (SSSR count). The molecule has 1 saturated heterocycles. The summed E-state index contributed by atoms with van der Waals surface area (Å²) in [6.45, 7) is 1.65. The highest BCUT2D eigenvalue weighted by molar-refractivity contribution is 5.14. The van der Waals surface area contributed by atoms with Crippen LogP contribution in [0.3, 0.4) is 0 Å². The molecule has 0 amide bonds. The molecule has 0 radical (unpaired) electrons. The first-order valence-electron chi connectivity index (χ1n) is 5.75. The lowest BCUT2D eigenvalue weighted by Gasteiger charge is -2.16. The van der Waals surface area contributed by atoms with Gasteiger partial charge in [-0.05, 0) is 37.3 Å². The molecule has 1 aliphatic heterocycles. The second-order valence-electron chi connectivity index (χ2n) is 4.22. The van der Waals surface area contributed by atoms with Crippen LogP contribution in [0.15, 0.2) is 30.3 Å². The lowest BCUT2D eigenvalue weighted by atomic mass is 9.96. The van der Waals surface area contributed by atoms with Gasteiger partial charge in [0.1, 0.15) is 0 Å². The van der Waals surface area contributed by atoms with E-state index in [9.17, 15) is 0 Å². The van der Waals surface area contributed by atoms with Crippen LogP contribution >= 0.6 is 0 Å². The second-order valence-corrected chi connectivity index (χ2v) is 4.22. The van der Waals surface area contributed by atoms with Gasteiger partial charge in [-0.25, -0.2) is 0 Å². The summed E-state index contributed by atoms with van der Waals surface area (Å²) in [6.07, 6.45) is 3.72. The van der Waals surface area contributed by atoms with Crippen molar-refractivity contribution in [3.05, 3.63) is 35.9 Å². The van der Waals surface area contributed by atoms with E-state index in [-0.39, 0.29) is 0 Å². The average molecular weight is 205 g/mol. The van der Waals surface area contributed by atoms with Crippen LogP contribution in [0.2, 0.25) is 0 Å². The molecule has 2 N–H and O–H groups in total. The molecule has 2 heteroatoms. The van der Waals surface area contributed by atoms with Crippen LogP contribution < -0.4 is 5.73 Å². The first-order chi connectivity index (χ1) is 7.40. The maximum absolute atomic E-state index is 5.71. The Morgan fingerprint density at radius 2 is 2.07 bits per heavy atom. The van der Waals surface area contributed by atoms with E-state index >= 15 is 0 Å². The maximum atomic E-state index is 5.71. The SMILES string of the molecule is NCC1CCOC1CCc1ccccc1. The summed E-state index contributed by atoms with van der Waals surface area (Å²) in [6, 6.07) is 10.6. The summed E-state index contributed by atoms with van der Waals surface area (Å²) in [7, 11) is 0. The number of benzene rings is 1. The molecule has 82 valence electrons. The molecule has 0 spiro atoms. The minimum absolute atomic E-state index is 0.384. The van der Waals surface area contributed by atoms with Crippen molar-refractivity contribution < 1.29 is 4.74 Å². The number of nitrogens with two attached hydrogens (primary N) is 1. The molecule has 2 nitrogen and oxygen atoms in total. The summed E-state index contributed by atoms with van der Waals surface area (Å²) < 4.78 is 5.70. The molecule has 1 fully saturated rings. The third-order valence-electron chi connectivity index (χ3n) is 3.21. The number of rotatable bonds is 4. The topological polar surface area (TPSA) is 35.2 Å². The molecule has 1 aliphatic rings. The fourth-order valence-electron chi connectivity index (χ4n) is 2.24. The lowest BCUT2D eigenvalue weighted by Crippen LogP contribution is -2.24. The standard InChI is InChI=1S/C13H19NO/c14-10-12-8-9-15-13(12)7-6-11-4-2-1-3-5-11/h1-5,12-13H,6-10,14H2. The van der Waals surface area contributed by atoms with E-state index in [1.807, 2.05) is 0 Å². The van der Waals surface area contributed by atoms with Crippen LogP contribution in [0.1, 0.15) is 18.4 Å². The van der Waals surface area contributed by atoms with Gasteiger partial charge in [0.15, 0.2) is 0 Å². The van der Waals surface area contributed by atoms with E-state index in [0.717, 1.165) is 32.4 Å². The molecule has 1 heterocycles. The number of aryl methyl sites for hydroxylation is 1. The number of hydrogen-bond donors (Lipinski definition) is 1. The quantitative estimate of drug-likeness (QED) is 0.815. The third-order valence-corrected chi connectivity index (χ3v) is 3.21. The van der Waals surface area contributed by atoms with Gasteiger partial charge in [-0.1, -0.05) is 30.3 Å². The second kappa shape index (κ2) is 5.29. The van der Waals surface area contributed by atoms with E-state index in [1.165, 1.54) is 5.56 Å². The summed E-state index contributed by atoms with van der Waals surface area (Å²) in [5.74, 6) is 0.578. The zero-order chi connectivity index (χ0) is 10.5. The monoisotopic (exact) mass is 205 g/mol. The van der Waals surface area contributed by atoms with Crippen molar-refractivity contribution in [2.45, 2.75) is 25.4 Å². The zero-order valence-electron chi connectivity index (χ0n) is 9.06. The van der Waals surface area contributed by atoms with E-state index in [2.05, 4.69) is 30.3 Å². The normalized spacial score (nSPS) is 25.7. The maximum Gasteiger partial charge on any atom is 0.0619 e. The van der Waals surface area contributed by atoms with Crippen LogP contribution in [-0.4, -0.2) is 19.3 Å². The highest BCUT2D eigenvalue weighted by Gasteiger charge is 2.26. The minimum atomic E-state index is 0.384. The summed E-state index contributed by atoms with van der Waals surface area (Å²) in [5, 5.41) is 0. The third kappa shape index (κ3) is 2.80. The summed E-state index contributed by atoms with van der Waals surface area (Å²) in [4.78, 5) is 0. The summed E-state index contributed by atoms with van der Waals surface area (Å²) >= 11 is 0. The van der Waals surface area contributed by atoms with Gasteiger partial charge in [0.05, 0.1) is 6.10 Å². The number of hydrogen-bond acceptors (Lipinski definition) is 2. The van der Waals surface area contributed by atoms with Gasteiger partial charge < -0.3 is 10.5 Å². The smallest absolute Gasteiger partial charge is 0.0619 e. The zero-order valence-corrected chi connectivity index (χ0v) is 9.06. The van der Waals surface area contributed by atoms with Gasteiger partial charge in [-0.15, -0.1) is 0 Å². The van der Waals surface area contributed by atoms with Crippen molar-refractivity contribution in [2.75, 3.05) is 13.2 Å². The van der Waals surface area contributed by atoms with E-state index in [1.54, 1.807) is 0 Å². The highest BCUT2D eigenvalue weighted by Crippen LogP contribution is 2.23. The van der Waals surface area contributed by atoms with E-state index in [4.69, 9.17) is 10.5 Å². The molecule has 1 aromatic rings. The minimum Gasteiger partial charge on any atom is -0.378 e. The number of ether oxygens (including phenoxy) is 1. The molecule has 15 heavy (non-hydrogen) atoms. The van der Waals surface area contributed by atoms with Crippen molar-refractivity contribution in [3.63, 3.8) is 0 Å². The molecule has 0 saturated carbocycles. The Bertz CT molecular complexity index is 286. The Morgan fingerprint density at radius 1 is 1.27 bits per heavy atom. The first kappa shape index (κ1) is 10.7. The van der Waals surface area contributed by atoms with E-state index in [0.29, 0.717) is 12.0 Å². The fraction of sp³-hybridized carbons (Fsp3) is 0.538. The Kier molecular flexibility index (Phi) is 3.75. The molecular weight excluding hydrogens is 186 g/mol. The molecule has 0 bridgehead atoms. The van der Waals surface area contributed by atoms with Crippen LogP contribution in [0.25, 0.3) is 0 Å². The fourth-order valence-corrected chi connectivity index (χ4v) is 2.24. The Labute approximate surface area is 91.4 Å². The summed E-state index contributed by atoms with van der Waals surface area (Å²) in [5.41, 5.74) is 7.11. The van der Waals surface area contributed by atoms with Crippen LogP contribution in [0, 0.1) is 5.92 Å². The van der Waals surface area contributed by atoms with Crippen molar-refractivity contribution in [1.29, 1.82) is 0 Å². The van der Waals surface area contributed by atoms with Gasteiger partial charge in [0, 0.05) is 6.61 Å². The van der Waals surface area contributed by atoms with Crippen LogP contribution in [0.4, 0.5) is 0 Å². The van der Waals surface area contributed by atoms with Crippen molar-refractivity contribution >= 4 is 0 Å². The lowest BCUT2D eigenvalue weighted by molar-refractivity contribution is 0.0854. The van der Waals surface area contributed by atoms with Crippen molar-refractivity contribution in [3.8, 4) is 0 Å². The average Bonchev–Trinajstić information content (AvgIpc) is 2.75. The molecule has 0 aliphatic carbocycles. The Balaban J connectivity index is 1.83. The molecule has 2 unspecified atom stereocenters. The van der Waals surface area contributed by atoms with Gasteiger partial charge in [-0.2, -0.15) is 0 Å². The molecule has 0 aromatic heterocycles. The van der Waals surface area contributed by atoms with Gasteiger partial charge in [0.25, 0.3) is 0 Å². The predicted molar refractivity (Wildman–Crippen MR) is 61.7 cm³/mol. The largest absolute Gasteiger partial charge is 0.378 e. The van der Waals surface area contributed by atoms with Crippen molar-refractivity contribution in [1.82, 2.24) is 0 Å². The van der Waals surface area contributed by atoms with Crippen LogP contribution in [-0.2, 0) is 11.2 Å². The first-order valence-corrected chi connectivity index (χ1v) is 5.75. The molecule has 2 atom stereocenters.